The molecule has 4 aliphatic rings. The standard InChI is InChI=1S/C57H58F3N9O6S/c1-33-38(39-21-23-49(62-52(39)55(73)74)69-27-25-35-9-5-11-40(43(35)31-69)53(71)64-56-61-44-12-3-4-14-47(44)76-56)10-6-13-46(33)75-37-18-15-34(16-19-37)8-7-26-67-28-29-68(32-48(67)57(58,59)60)36-17-20-41-45(30-36)66(2)65-51(41)42-22-24-50(70)63-54(42)72/h3-6,9-14,17,20-21,23,30,34,37,42,48H,7-8,15-16,18-19,22,24-29,31-32H2,1-2H3,(H,73,74)(H,61,64,71)(H,63,70,72)/t34-,37-,42?,48-/m0/s1. The van der Waals surface area contributed by atoms with Crippen molar-refractivity contribution < 1.29 is 42.2 Å². The third kappa shape index (κ3) is 10.3. The van der Waals surface area contributed by atoms with E-state index in [1.165, 1.54) is 11.3 Å². The van der Waals surface area contributed by atoms with Gasteiger partial charge < -0.3 is 19.6 Å². The van der Waals surface area contributed by atoms with E-state index in [2.05, 4.69) is 20.7 Å². The van der Waals surface area contributed by atoms with Crippen LogP contribution >= 0.6 is 11.3 Å². The SMILES string of the molecule is Cc1c(O[C@H]2CC[C@H](CCCN3CCN(c4ccc5c(C6CCC(=O)NC6=O)nn(C)c5c4)C[C@H]3C(F)(F)F)CC2)cccc1-c1ccc(N2CCc3cccc(C(=O)Nc4nc5ccccc5s4)c3C2)nc1C(=O)O. The lowest BCUT2D eigenvalue weighted by Crippen LogP contribution is -2.59. The minimum Gasteiger partial charge on any atom is -0.490 e. The number of rotatable bonds is 13. The van der Waals surface area contributed by atoms with Crippen LogP contribution in [0.2, 0.25) is 0 Å². The maximum absolute atomic E-state index is 14.7. The fraction of sp³-hybridized carbons (Fsp3) is 0.386. The van der Waals surface area contributed by atoms with Gasteiger partial charge in [0.05, 0.1) is 33.4 Å². The van der Waals surface area contributed by atoms with Crippen molar-refractivity contribution in [2.24, 2.45) is 13.0 Å². The molecule has 3 N–H and O–H groups in total. The number of hydrogen-bond acceptors (Lipinski definition) is 12. The van der Waals surface area contributed by atoms with E-state index in [9.17, 15) is 37.5 Å². The molecule has 3 amide bonds. The number of ether oxygens (including phenoxy) is 1. The molecule has 3 aromatic heterocycles. The van der Waals surface area contributed by atoms with Gasteiger partial charge in [-0.2, -0.15) is 18.3 Å². The molecule has 0 radical (unpaired) electrons. The summed E-state index contributed by atoms with van der Waals surface area (Å²) in [6.45, 7) is 3.75. The number of halogens is 3. The first-order chi connectivity index (χ1) is 36.6. The summed E-state index contributed by atoms with van der Waals surface area (Å²) in [7, 11) is 1.75. The Bertz CT molecular complexity index is 3360. The molecule has 1 aliphatic carbocycles. The molecule has 3 fully saturated rings. The van der Waals surface area contributed by atoms with Crippen LogP contribution in [0.3, 0.4) is 0 Å². The van der Waals surface area contributed by atoms with Gasteiger partial charge >= 0.3 is 12.1 Å². The summed E-state index contributed by atoms with van der Waals surface area (Å²) in [5.41, 5.74) is 7.09. The third-order valence-corrected chi connectivity index (χ3v) is 16.8. The molecule has 2 atom stereocenters. The van der Waals surface area contributed by atoms with E-state index in [4.69, 9.17) is 9.72 Å². The Morgan fingerprint density at radius 3 is 2.49 bits per heavy atom. The second-order valence-corrected chi connectivity index (χ2v) is 21.5. The van der Waals surface area contributed by atoms with E-state index >= 15 is 0 Å². The van der Waals surface area contributed by atoms with Gasteiger partial charge in [-0.3, -0.25) is 34.6 Å². The Labute approximate surface area is 441 Å². The smallest absolute Gasteiger partial charge is 0.405 e. The fourth-order valence-electron chi connectivity index (χ4n) is 11.7. The van der Waals surface area contributed by atoms with E-state index in [0.29, 0.717) is 102 Å². The van der Waals surface area contributed by atoms with Crippen molar-refractivity contribution in [2.45, 2.75) is 95.5 Å². The number of aromatic carboxylic acids is 1. The van der Waals surface area contributed by atoms with Crippen LogP contribution < -0.4 is 25.2 Å². The van der Waals surface area contributed by atoms with Crippen LogP contribution in [0, 0.1) is 12.8 Å². The number of nitrogens with zero attached hydrogens (tertiary/aromatic N) is 7. The first-order valence-corrected chi connectivity index (χ1v) is 26.9. The van der Waals surface area contributed by atoms with E-state index in [-0.39, 0.29) is 49.0 Å². The van der Waals surface area contributed by atoms with Crippen LogP contribution in [0.5, 0.6) is 5.75 Å². The molecule has 1 unspecified atom stereocenters. The van der Waals surface area contributed by atoms with Crippen molar-refractivity contribution in [3.05, 3.63) is 125 Å². The van der Waals surface area contributed by atoms with Crippen molar-refractivity contribution in [3.8, 4) is 16.9 Å². The molecule has 3 aliphatic heterocycles. The Hall–Kier alpha value is -7.38. The number of carbonyl (C=O) groups is 4. The minimum atomic E-state index is -4.42. The highest BCUT2D eigenvalue weighted by Crippen LogP contribution is 2.39. The number of anilines is 3. The number of alkyl halides is 3. The highest BCUT2D eigenvalue weighted by Gasteiger charge is 2.46. The van der Waals surface area contributed by atoms with Crippen molar-refractivity contribution in [1.29, 1.82) is 0 Å². The van der Waals surface area contributed by atoms with Gasteiger partial charge in [0.15, 0.2) is 10.8 Å². The quantitative estimate of drug-likeness (QED) is 0.0934. The Balaban J connectivity index is 0.688. The average molecular weight is 1050 g/mol. The number of amides is 3. The predicted octanol–water partition coefficient (Wildman–Crippen LogP) is 10.1. The van der Waals surface area contributed by atoms with E-state index in [1.807, 2.05) is 84.6 Å². The molecule has 4 aromatic carbocycles. The monoisotopic (exact) mass is 1050 g/mol. The summed E-state index contributed by atoms with van der Waals surface area (Å²) in [5.74, 6) is -1.15. The second kappa shape index (κ2) is 21.0. The van der Waals surface area contributed by atoms with Crippen molar-refractivity contribution in [1.82, 2.24) is 30.0 Å². The number of thiazole rings is 1. The number of pyridine rings is 1. The summed E-state index contributed by atoms with van der Waals surface area (Å²) in [4.78, 5) is 65.6. The molecule has 1 saturated carbocycles. The third-order valence-electron chi connectivity index (χ3n) is 15.8. The molecule has 11 rings (SSSR count). The number of carboxylic acids is 1. The molecule has 76 heavy (non-hydrogen) atoms. The zero-order valence-corrected chi connectivity index (χ0v) is 43.1. The van der Waals surface area contributed by atoms with Crippen LogP contribution in [-0.4, -0.2) is 104 Å². The van der Waals surface area contributed by atoms with Gasteiger partial charge in [-0.15, -0.1) is 0 Å². The van der Waals surface area contributed by atoms with Crippen LogP contribution in [0.4, 0.5) is 29.8 Å². The lowest BCUT2D eigenvalue weighted by atomic mass is 9.84. The van der Waals surface area contributed by atoms with Gasteiger partial charge in [0.25, 0.3) is 5.91 Å². The van der Waals surface area contributed by atoms with E-state index in [1.54, 1.807) is 39.7 Å². The Kier molecular flexibility index (Phi) is 14.0. The zero-order chi connectivity index (χ0) is 52.8. The number of aromatic nitrogens is 4. The largest absolute Gasteiger partial charge is 0.490 e. The number of piperidine rings is 1. The number of fused-ring (bicyclic) bond motifs is 3. The maximum Gasteiger partial charge on any atom is 0.405 e. The average Bonchev–Trinajstić information content (AvgIpc) is 3.99. The maximum atomic E-state index is 14.7. The van der Waals surface area contributed by atoms with Gasteiger partial charge in [-0.25, -0.2) is 14.8 Å². The molecule has 15 nitrogen and oxygen atoms in total. The first kappa shape index (κ1) is 50.8. The van der Waals surface area contributed by atoms with Crippen molar-refractivity contribution >= 4 is 72.8 Å². The van der Waals surface area contributed by atoms with Gasteiger partial charge in [0.1, 0.15) is 17.6 Å². The molecule has 7 aromatic rings. The van der Waals surface area contributed by atoms with Crippen LogP contribution in [0.25, 0.3) is 32.2 Å². The summed E-state index contributed by atoms with van der Waals surface area (Å²) >= 11 is 1.41. The lowest BCUT2D eigenvalue weighted by molar-refractivity contribution is -0.184. The molecular weight excluding hydrogens is 996 g/mol. The number of aryl methyl sites for hydroxylation is 1. The van der Waals surface area contributed by atoms with Gasteiger partial charge in [0.2, 0.25) is 11.8 Å². The highest BCUT2D eigenvalue weighted by molar-refractivity contribution is 7.22. The second-order valence-electron chi connectivity index (χ2n) is 20.5. The summed E-state index contributed by atoms with van der Waals surface area (Å²) in [6.07, 6.45) is 1.62. The summed E-state index contributed by atoms with van der Waals surface area (Å²) < 4.78 is 53.4. The number of para-hydroxylation sites is 1. The van der Waals surface area contributed by atoms with Gasteiger partial charge in [0, 0.05) is 68.4 Å². The number of benzene rings is 4. The first-order valence-electron chi connectivity index (χ1n) is 26.0. The van der Waals surface area contributed by atoms with Crippen molar-refractivity contribution in [3.63, 3.8) is 0 Å². The number of carbonyl (C=O) groups excluding carboxylic acids is 3. The molecule has 0 spiro atoms. The summed E-state index contributed by atoms with van der Waals surface area (Å²) in [5, 5.41) is 21.8. The number of hydrogen-bond donors (Lipinski definition) is 3. The number of imide groups is 1. The molecule has 394 valence electrons. The molecule has 2 saturated heterocycles. The van der Waals surface area contributed by atoms with Gasteiger partial charge in [-0.1, -0.05) is 47.7 Å². The van der Waals surface area contributed by atoms with Crippen LogP contribution in [0.15, 0.2) is 91.0 Å². The minimum absolute atomic E-state index is 0.0583. The molecular formula is C57H58F3N9O6S. The normalized spacial score (nSPS) is 20.4. The zero-order valence-electron chi connectivity index (χ0n) is 42.2. The topological polar surface area (TPSA) is 175 Å². The van der Waals surface area contributed by atoms with Gasteiger partial charge in [-0.05, 0) is 148 Å². The fourth-order valence-corrected chi connectivity index (χ4v) is 12.6. The Morgan fingerprint density at radius 1 is 0.882 bits per heavy atom. The van der Waals surface area contributed by atoms with E-state index in [0.717, 1.165) is 64.4 Å². The predicted molar refractivity (Wildman–Crippen MR) is 285 cm³/mol. The van der Waals surface area contributed by atoms with Crippen LogP contribution in [-0.2, 0) is 29.6 Å². The van der Waals surface area contributed by atoms with Crippen LogP contribution in [0.1, 0.15) is 101 Å². The number of piperazine rings is 1. The lowest BCUT2D eigenvalue weighted by Gasteiger charge is -2.43. The van der Waals surface area contributed by atoms with Crippen molar-refractivity contribution in [2.75, 3.05) is 47.8 Å². The molecule has 19 heteroatoms. The number of nitrogens with one attached hydrogen (secondary N) is 2. The molecule has 6 heterocycles. The number of carboxylic acid groups (broad SMARTS) is 1. The van der Waals surface area contributed by atoms with E-state index < -0.39 is 24.1 Å². The highest BCUT2D eigenvalue weighted by atomic mass is 32.1. The Morgan fingerprint density at radius 2 is 1.70 bits per heavy atom. The summed E-state index contributed by atoms with van der Waals surface area (Å²) in [6, 6.07) is 26.5. The molecule has 0 bridgehead atoms.